The van der Waals surface area contributed by atoms with Gasteiger partial charge in [0, 0.05) is 90.9 Å². The van der Waals surface area contributed by atoms with E-state index in [9.17, 15) is 9.59 Å². The summed E-state index contributed by atoms with van der Waals surface area (Å²) in [4.78, 5) is 34.0. The van der Waals surface area contributed by atoms with Crippen molar-refractivity contribution in [3.8, 4) is 28.6 Å². The number of hydrogen-bond acceptors (Lipinski definition) is 11. The van der Waals surface area contributed by atoms with Crippen LogP contribution >= 0.6 is 22.7 Å². The number of nitrogens with zero attached hydrogens (tertiary/aromatic N) is 4. The molecule has 2 aliphatic heterocycles. The zero-order valence-corrected chi connectivity index (χ0v) is 32.1. The van der Waals surface area contributed by atoms with Gasteiger partial charge in [0.1, 0.15) is 10.8 Å². The molecule has 0 saturated carbocycles. The Morgan fingerprint density at radius 1 is 0.852 bits per heavy atom. The lowest BCUT2D eigenvalue weighted by Crippen LogP contribution is -2.44. The van der Waals surface area contributed by atoms with Crippen molar-refractivity contribution < 1.29 is 24.3 Å². The molecule has 4 aromatic rings. The Morgan fingerprint density at radius 3 is 1.87 bits per heavy atom. The molecule has 0 bridgehead atoms. The number of aromatic nitrogens is 2. The van der Waals surface area contributed by atoms with Gasteiger partial charge in [0.25, 0.3) is 0 Å². The van der Waals surface area contributed by atoms with Crippen molar-refractivity contribution in [2.45, 2.75) is 75.0 Å². The van der Waals surface area contributed by atoms with E-state index in [1.807, 2.05) is 48.5 Å². The van der Waals surface area contributed by atoms with Crippen LogP contribution < -0.4 is 16.8 Å². The molecule has 2 aromatic carbocycles. The molecule has 1 unspecified atom stereocenters. The summed E-state index contributed by atoms with van der Waals surface area (Å²) >= 11 is 3.29. The minimum Gasteiger partial charge on any atom is -0.409 e. The predicted molar refractivity (Wildman–Crippen MR) is 211 cm³/mol. The van der Waals surface area contributed by atoms with Crippen molar-refractivity contribution in [2.24, 2.45) is 22.5 Å². The highest BCUT2D eigenvalue weighted by atomic mass is 32.1. The summed E-state index contributed by atoms with van der Waals surface area (Å²) in [7, 11) is 0. The molecule has 2 fully saturated rings. The summed E-state index contributed by atoms with van der Waals surface area (Å²) in [6.45, 7) is 3.20. The summed E-state index contributed by atoms with van der Waals surface area (Å²) in [6.07, 6.45) is 6.08. The molecule has 6 N–H and O–H groups in total. The summed E-state index contributed by atoms with van der Waals surface area (Å²) < 4.78 is 11.1. The quantitative estimate of drug-likeness (QED) is 0.0341. The molecule has 2 aliphatic rings. The Morgan fingerprint density at radius 2 is 1.37 bits per heavy atom. The van der Waals surface area contributed by atoms with E-state index in [-0.39, 0.29) is 34.4 Å². The summed E-state index contributed by atoms with van der Waals surface area (Å²) in [5, 5.41) is 29.7. The molecule has 2 saturated heterocycles. The SMILES string of the molecule is N#CCCCC(=O)NCC1(c2nc(-c3ccccc3)cs2)CCOCC1.NC(=O)C(CCC(N)=NO)CC1(c2nc(-c3ccccc3)cs2)CCOCC1. The molecule has 14 heteroatoms. The van der Waals surface area contributed by atoms with Gasteiger partial charge in [0.05, 0.1) is 22.5 Å². The number of nitrogens with one attached hydrogen (secondary N) is 1. The lowest BCUT2D eigenvalue weighted by molar-refractivity contribution is -0.123. The second-order valence-electron chi connectivity index (χ2n) is 13.8. The number of amidine groups is 1. The Hall–Kier alpha value is -4.68. The molecule has 0 spiro atoms. The molecule has 1 atom stereocenters. The van der Waals surface area contributed by atoms with Crippen molar-refractivity contribution in [2.75, 3.05) is 33.0 Å². The van der Waals surface area contributed by atoms with E-state index < -0.39 is 0 Å². The van der Waals surface area contributed by atoms with Crippen LogP contribution in [0, 0.1) is 17.2 Å². The standard InChI is InChI=1S/C20H26N4O3S.C20H23N3O2S/c21-17(24-26)7-6-15(18(22)25)12-20(8-10-27-11-9-20)19-23-16(13-28-19)14-4-2-1-3-5-14;21-11-5-4-8-18(24)22-15-20(9-12-25-13-10-20)19-23-17(14-26-19)16-6-2-1-3-7-16/h1-5,13,15,26H,6-12H2,(H2,21,24)(H2,22,25);1-3,6-7,14H,4-5,8-10,12-13,15H2,(H,22,24). The number of rotatable bonds is 15. The molecule has 6 rings (SSSR count). The van der Waals surface area contributed by atoms with Crippen molar-refractivity contribution >= 4 is 40.3 Å². The zero-order chi connectivity index (χ0) is 38.2. The molecule has 0 radical (unpaired) electrons. The third kappa shape index (κ3) is 10.9. The molecule has 4 heterocycles. The molecule has 12 nitrogen and oxygen atoms in total. The van der Waals surface area contributed by atoms with Gasteiger partial charge in [-0.3, -0.25) is 9.59 Å². The number of benzene rings is 2. The van der Waals surface area contributed by atoms with Gasteiger partial charge in [-0.1, -0.05) is 65.8 Å². The lowest BCUT2D eigenvalue weighted by atomic mass is 9.72. The topological polar surface area (TPSA) is 199 Å². The summed E-state index contributed by atoms with van der Waals surface area (Å²) in [6, 6.07) is 22.3. The van der Waals surface area contributed by atoms with E-state index in [1.54, 1.807) is 22.7 Å². The number of unbranched alkanes of at least 4 members (excludes halogenated alkanes) is 1. The first-order valence-corrected chi connectivity index (χ1v) is 20.1. The number of oxime groups is 1. The Labute approximate surface area is 324 Å². The van der Waals surface area contributed by atoms with E-state index in [4.69, 9.17) is 41.4 Å². The number of nitriles is 1. The van der Waals surface area contributed by atoms with E-state index in [2.05, 4.69) is 39.4 Å². The van der Waals surface area contributed by atoms with E-state index in [0.717, 1.165) is 58.2 Å². The molecular formula is C40H49N7O5S2. The van der Waals surface area contributed by atoms with Crippen molar-refractivity contribution in [1.29, 1.82) is 5.26 Å². The van der Waals surface area contributed by atoms with Crippen LogP contribution in [0.2, 0.25) is 0 Å². The van der Waals surface area contributed by atoms with Gasteiger partial charge in [-0.15, -0.1) is 22.7 Å². The normalized spacial score (nSPS) is 17.0. The highest BCUT2D eigenvalue weighted by Crippen LogP contribution is 2.44. The van der Waals surface area contributed by atoms with Crippen molar-refractivity contribution in [3.63, 3.8) is 0 Å². The summed E-state index contributed by atoms with van der Waals surface area (Å²) in [5.74, 6) is -0.627. The van der Waals surface area contributed by atoms with Gasteiger partial charge in [-0.2, -0.15) is 5.26 Å². The Bertz CT molecular complexity index is 1850. The molecule has 2 aromatic heterocycles. The van der Waals surface area contributed by atoms with E-state index in [1.165, 1.54) is 0 Å². The molecule has 54 heavy (non-hydrogen) atoms. The lowest BCUT2D eigenvalue weighted by Gasteiger charge is -2.37. The maximum absolute atomic E-state index is 12.1. The smallest absolute Gasteiger partial charge is 0.220 e. The fourth-order valence-corrected chi connectivity index (χ4v) is 9.08. The van der Waals surface area contributed by atoms with Crippen LogP contribution in [0.5, 0.6) is 0 Å². The number of hydrogen-bond donors (Lipinski definition) is 4. The van der Waals surface area contributed by atoms with Gasteiger partial charge in [0.15, 0.2) is 0 Å². The highest BCUT2D eigenvalue weighted by molar-refractivity contribution is 7.10. The molecular weight excluding hydrogens is 723 g/mol. The third-order valence-electron chi connectivity index (χ3n) is 10.2. The molecule has 0 aliphatic carbocycles. The number of ether oxygens (including phenoxy) is 2. The number of primary amides is 1. The predicted octanol–water partition coefficient (Wildman–Crippen LogP) is 6.54. The number of amides is 2. The maximum Gasteiger partial charge on any atom is 0.220 e. The van der Waals surface area contributed by atoms with Crippen molar-refractivity contribution in [1.82, 2.24) is 15.3 Å². The highest BCUT2D eigenvalue weighted by Gasteiger charge is 2.41. The largest absolute Gasteiger partial charge is 0.409 e. The van der Waals surface area contributed by atoms with Gasteiger partial charge >= 0.3 is 0 Å². The first-order chi connectivity index (χ1) is 26.3. The van der Waals surface area contributed by atoms with Gasteiger partial charge in [-0.25, -0.2) is 9.97 Å². The first-order valence-electron chi connectivity index (χ1n) is 18.4. The Kier molecular flexibility index (Phi) is 15.1. The number of thiazole rings is 2. The number of carbonyl (C=O) groups excluding carboxylic acids is 2. The van der Waals surface area contributed by atoms with Crippen molar-refractivity contribution in [3.05, 3.63) is 81.4 Å². The van der Waals surface area contributed by atoms with Crippen LogP contribution in [0.3, 0.4) is 0 Å². The average Bonchev–Trinajstić information content (AvgIpc) is 3.93. The van der Waals surface area contributed by atoms with Crippen LogP contribution in [0.4, 0.5) is 0 Å². The van der Waals surface area contributed by atoms with Crippen LogP contribution in [-0.4, -0.2) is 65.8 Å². The fourth-order valence-electron chi connectivity index (χ4n) is 6.89. The van der Waals surface area contributed by atoms with E-state index >= 15 is 0 Å². The fraction of sp³-hybridized carbons (Fsp3) is 0.450. The first kappa shape index (κ1) is 40.5. The minimum absolute atomic E-state index is 0.00551. The number of nitrogens with two attached hydrogens (primary N) is 2. The summed E-state index contributed by atoms with van der Waals surface area (Å²) in [5.41, 5.74) is 15.0. The second-order valence-corrected chi connectivity index (χ2v) is 15.5. The monoisotopic (exact) mass is 771 g/mol. The zero-order valence-electron chi connectivity index (χ0n) is 30.5. The van der Waals surface area contributed by atoms with Crippen LogP contribution in [0.1, 0.15) is 74.2 Å². The maximum atomic E-state index is 12.1. The molecule has 2 amide bonds. The van der Waals surface area contributed by atoms with Gasteiger partial charge < -0.3 is 31.5 Å². The minimum atomic E-state index is -0.373. The third-order valence-corrected chi connectivity index (χ3v) is 12.4. The van der Waals surface area contributed by atoms with Gasteiger partial charge in [-0.05, 0) is 44.9 Å². The van der Waals surface area contributed by atoms with Crippen LogP contribution in [0.25, 0.3) is 22.5 Å². The average molecular weight is 772 g/mol. The van der Waals surface area contributed by atoms with E-state index in [0.29, 0.717) is 71.5 Å². The van der Waals surface area contributed by atoms with Crippen LogP contribution in [-0.2, 0) is 29.9 Å². The number of carbonyl (C=O) groups is 2. The molecule has 286 valence electrons. The Balaban J connectivity index is 0.000000208. The van der Waals surface area contributed by atoms with Crippen LogP contribution in [0.15, 0.2) is 76.6 Å². The second kappa shape index (κ2) is 20.1. The van der Waals surface area contributed by atoms with Gasteiger partial charge in [0.2, 0.25) is 11.8 Å².